The lowest BCUT2D eigenvalue weighted by Crippen LogP contribution is -2.46. The molecule has 8 nitrogen and oxygen atoms in total. The first-order chi connectivity index (χ1) is 14.2. The number of benzene rings is 1. The number of nitrogens with zero attached hydrogens (tertiary/aromatic N) is 7. The summed E-state index contributed by atoms with van der Waals surface area (Å²) in [5.41, 5.74) is 3.95. The van der Waals surface area contributed by atoms with Crippen LogP contribution in [0.1, 0.15) is 17.0 Å². The third kappa shape index (κ3) is 3.36. The van der Waals surface area contributed by atoms with Crippen molar-refractivity contribution < 1.29 is 4.52 Å². The lowest BCUT2D eigenvalue weighted by molar-refractivity contribution is 0.247. The van der Waals surface area contributed by atoms with Gasteiger partial charge >= 0.3 is 0 Å². The summed E-state index contributed by atoms with van der Waals surface area (Å²) in [5.74, 6) is 2.63. The smallest absolute Gasteiger partial charge is 0.185 e. The average molecular weight is 389 g/mol. The predicted molar refractivity (Wildman–Crippen MR) is 110 cm³/mol. The SMILES string of the molecule is Cc1noc(C)c1CN1CCN(c2ccc3nnc(-c4ccccc4)n3n2)CC1. The van der Waals surface area contributed by atoms with E-state index >= 15 is 0 Å². The summed E-state index contributed by atoms with van der Waals surface area (Å²) in [6.07, 6.45) is 0. The molecule has 0 radical (unpaired) electrons. The Labute approximate surface area is 168 Å². The van der Waals surface area contributed by atoms with Gasteiger partial charge in [-0.3, -0.25) is 4.90 Å². The normalized spacial score (nSPS) is 15.3. The van der Waals surface area contributed by atoms with E-state index < -0.39 is 0 Å². The summed E-state index contributed by atoms with van der Waals surface area (Å²) < 4.78 is 7.13. The molecule has 1 fully saturated rings. The van der Waals surface area contributed by atoms with E-state index in [1.54, 1.807) is 0 Å². The second kappa shape index (κ2) is 7.29. The molecule has 4 heterocycles. The highest BCUT2D eigenvalue weighted by molar-refractivity contribution is 5.59. The van der Waals surface area contributed by atoms with E-state index in [0.717, 1.165) is 67.0 Å². The molecule has 0 amide bonds. The van der Waals surface area contributed by atoms with Crippen LogP contribution < -0.4 is 4.90 Å². The second-order valence-corrected chi connectivity index (χ2v) is 7.42. The lowest BCUT2D eigenvalue weighted by Gasteiger charge is -2.35. The fourth-order valence-corrected chi connectivity index (χ4v) is 3.80. The predicted octanol–water partition coefficient (Wildman–Crippen LogP) is 2.72. The molecule has 0 aliphatic carbocycles. The molecular weight excluding hydrogens is 366 g/mol. The number of aromatic nitrogens is 5. The van der Waals surface area contributed by atoms with Crippen molar-refractivity contribution in [1.82, 2.24) is 29.9 Å². The fourth-order valence-electron chi connectivity index (χ4n) is 3.80. The van der Waals surface area contributed by atoms with Crippen LogP contribution in [0, 0.1) is 13.8 Å². The van der Waals surface area contributed by atoms with Gasteiger partial charge in [-0.25, -0.2) is 0 Å². The maximum absolute atomic E-state index is 5.30. The van der Waals surface area contributed by atoms with E-state index in [0.29, 0.717) is 0 Å². The Morgan fingerprint density at radius 1 is 0.931 bits per heavy atom. The number of aryl methyl sites for hydroxylation is 2. The standard InChI is InChI=1S/C21H23N7O/c1-15-18(16(2)29-25-15)14-26-10-12-27(13-11-26)20-9-8-19-22-23-21(28(19)24-20)17-6-4-3-5-7-17/h3-9H,10-14H2,1-2H3. The van der Waals surface area contributed by atoms with E-state index in [1.807, 2.05) is 60.8 Å². The average Bonchev–Trinajstić information content (AvgIpc) is 3.33. The lowest BCUT2D eigenvalue weighted by atomic mass is 10.2. The van der Waals surface area contributed by atoms with Crippen molar-refractivity contribution in [3.05, 3.63) is 59.5 Å². The number of piperazine rings is 1. The molecule has 4 aromatic rings. The zero-order chi connectivity index (χ0) is 19.8. The molecule has 1 saturated heterocycles. The molecule has 1 aliphatic rings. The molecule has 0 spiro atoms. The van der Waals surface area contributed by atoms with Crippen LogP contribution in [-0.2, 0) is 6.54 Å². The fraction of sp³-hybridized carbons (Fsp3) is 0.333. The van der Waals surface area contributed by atoms with Crippen molar-refractivity contribution in [2.24, 2.45) is 0 Å². The van der Waals surface area contributed by atoms with Gasteiger partial charge in [0, 0.05) is 43.9 Å². The second-order valence-electron chi connectivity index (χ2n) is 7.42. The quantitative estimate of drug-likeness (QED) is 0.531. The van der Waals surface area contributed by atoms with Crippen LogP contribution in [0.5, 0.6) is 0 Å². The van der Waals surface area contributed by atoms with Gasteiger partial charge in [-0.05, 0) is 26.0 Å². The van der Waals surface area contributed by atoms with Crippen molar-refractivity contribution in [2.75, 3.05) is 31.1 Å². The first-order valence-corrected chi connectivity index (χ1v) is 9.86. The van der Waals surface area contributed by atoms with Crippen LogP contribution in [0.3, 0.4) is 0 Å². The molecule has 0 unspecified atom stereocenters. The van der Waals surface area contributed by atoms with Gasteiger partial charge in [0.1, 0.15) is 11.6 Å². The Morgan fingerprint density at radius 2 is 1.72 bits per heavy atom. The van der Waals surface area contributed by atoms with E-state index in [4.69, 9.17) is 9.62 Å². The Bertz CT molecular complexity index is 1110. The number of rotatable bonds is 4. The van der Waals surface area contributed by atoms with Crippen LogP contribution in [0.25, 0.3) is 17.0 Å². The monoisotopic (exact) mass is 389 g/mol. The molecule has 3 aromatic heterocycles. The molecule has 0 N–H and O–H groups in total. The molecule has 5 rings (SSSR count). The van der Waals surface area contributed by atoms with E-state index in [-0.39, 0.29) is 0 Å². The highest BCUT2D eigenvalue weighted by atomic mass is 16.5. The number of hydrogen-bond acceptors (Lipinski definition) is 7. The third-order valence-corrected chi connectivity index (χ3v) is 5.54. The number of fused-ring (bicyclic) bond motifs is 1. The van der Waals surface area contributed by atoms with Crippen molar-refractivity contribution in [3.63, 3.8) is 0 Å². The number of hydrogen-bond donors (Lipinski definition) is 0. The van der Waals surface area contributed by atoms with E-state index in [1.165, 1.54) is 5.56 Å². The van der Waals surface area contributed by atoms with E-state index in [2.05, 4.69) is 25.2 Å². The molecule has 8 heteroatoms. The molecule has 29 heavy (non-hydrogen) atoms. The molecular formula is C21H23N7O. The minimum Gasteiger partial charge on any atom is -0.361 e. The first kappa shape index (κ1) is 17.8. The molecule has 148 valence electrons. The number of anilines is 1. The highest BCUT2D eigenvalue weighted by Crippen LogP contribution is 2.21. The van der Waals surface area contributed by atoms with Gasteiger partial charge in [-0.1, -0.05) is 35.5 Å². The van der Waals surface area contributed by atoms with Crippen molar-refractivity contribution in [3.8, 4) is 11.4 Å². The van der Waals surface area contributed by atoms with Crippen LogP contribution in [0.15, 0.2) is 47.0 Å². The van der Waals surface area contributed by atoms with Crippen LogP contribution in [0.4, 0.5) is 5.82 Å². The molecule has 1 aromatic carbocycles. The minimum absolute atomic E-state index is 0.754. The first-order valence-electron chi connectivity index (χ1n) is 9.86. The van der Waals surface area contributed by atoms with Crippen LogP contribution in [-0.4, -0.2) is 56.0 Å². The Hall–Kier alpha value is -3.26. The Balaban J connectivity index is 1.33. The van der Waals surface area contributed by atoms with Crippen LogP contribution >= 0.6 is 0 Å². The summed E-state index contributed by atoms with van der Waals surface area (Å²) in [6.45, 7) is 8.65. The largest absolute Gasteiger partial charge is 0.361 e. The van der Waals surface area contributed by atoms with Crippen LogP contribution in [0.2, 0.25) is 0 Å². The van der Waals surface area contributed by atoms with Gasteiger partial charge < -0.3 is 9.42 Å². The topological polar surface area (TPSA) is 75.6 Å². The molecule has 0 saturated carbocycles. The third-order valence-electron chi connectivity index (χ3n) is 5.54. The van der Waals surface area contributed by atoms with Crippen molar-refractivity contribution in [1.29, 1.82) is 0 Å². The van der Waals surface area contributed by atoms with E-state index in [9.17, 15) is 0 Å². The van der Waals surface area contributed by atoms with Gasteiger partial charge in [0.05, 0.1) is 5.69 Å². The molecule has 0 atom stereocenters. The maximum atomic E-state index is 5.30. The van der Waals surface area contributed by atoms with Crippen molar-refractivity contribution in [2.45, 2.75) is 20.4 Å². The maximum Gasteiger partial charge on any atom is 0.185 e. The molecule has 0 bridgehead atoms. The summed E-state index contributed by atoms with van der Waals surface area (Å²) in [6, 6.07) is 14.1. The zero-order valence-electron chi connectivity index (χ0n) is 16.6. The minimum atomic E-state index is 0.754. The summed E-state index contributed by atoms with van der Waals surface area (Å²) in [4.78, 5) is 4.76. The van der Waals surface area contributed by atoms with Gasteiger partial charge in [-0.2, -0.15) is 4.52 Å². The van der Waals surface area contributed by atoms with Gasteiger partial charge in [-0.15, -0.1) is 15.3 Å². The Morgan fingerprint density at radius 3 is 2.45 bits per heavy atom. The zero-order valence-corrected chi connectivity index (χ0v) is 16.6. The summed E-state index contributed by atoms with van der Waals surface area (Å²) in [7, 11) is 0. The summed E-state index contributed by atoms with van der Waals surface area (Å²) >= 11 is 0. The Kier molecular flexibility index (Phi) is 4.48. The highest BCUT2D eigenvalue weighted by Gasteiger charge is 2.21. The van der Waals surface area contributed by atoms with Gasteiger partial charge in [0.25, 0.3) is 0 Å². The van der Waals surface area contributed by atoms with Gasteiger partial charge in [0.2, 0.25) is 0 Å². The molecule has 1 aliphatic heterocycles. The van der Waals surface area contributed by atoms with Gasteiger partial charge in [0.15, 0.2) is 11.5 Å². The summed E-state index contributed by atoms with van der Waals surface area (Å²) in [5, 5.41) is 17.5. The van der Waals surface area contributed by atoms with Crippen molar-refractivity contribution >= 4 is 11.5 Å².